The maximum absolute atomic E-state index is 11.0. The summed E-state index contributed by atoms with van der Waals surface area (Å²) in [5.41, 5.74) is 1.05. The van der Waals surface area contributed by atoms with Crippen molar-refractivity contribution >= 4 is 27.4 Å². The number of nitrogens with zero attached hydrogens (tertiary/aromatic N) is 1. The largest absolute Gasteiger partial charge is 0.356 e. The SMILES string of the molecule is CN=C(NCCCS(C)(=O)=O)NCc1cccc(Cl)c1. The van der Waals surface area contributed by atoms with Gasteiger partial charge >= 0.3 is 0 Å². The zero-order valence-corrected chi connectivity index (χ0v) is 13.3. The van der Waals surface area contributed by atoms with Gasteiger partial charge in [-0.2, -0.15) is 0 Å². The van der Waals surface area contributed by atoms with Gasteiger partial charge in [0.15, 0.2) is 5.96 Å². The number of sulfone groups is 1. The summed E-state index contributed by atoms with van der Waals surface area (Å²) in [6.07, 6.45) is 1.79. The number of nitrogens with one attached hydrogen (secondary N) is 2. The lowest BCUT2D eigenvalue weighted by atomic mass is 10.2. The first-order valence-corrected chi connectivity index (χ1v) is 8.71. The van der Waals surface area contributed by atoms with Gasteiger partial charge in [-0.3, -0.25) is 4.99 Å². The van der Waals surface area contributed by atoms with E-state index < -0.39 is 9.84 Å². The summed E-state index contributed by atoms with van der Waals surface area (Å²) < 4.78 is 22.0. The summed E-state index contributed by atoms with van der Waals surface area (Å²) in [4.78, 5) is 4.07. The third-order valence-corrected chi connectivity index (χ3v) is 3.82. The first-order valence-electron chi connectivity index (χ1n) is 6.27. The number of hydrogen-bond acceptors (Lipinski definition) is 3. The molecule has 2 N–H and O–H groups in total. The number of rotatable bonds is 6. The number of guanidine groups is 1. The molecule has 20 heavy (non-hydrogen) atoms. The molecular formula is C13H20ClN3O2S. The second-order valence-electron chi connectivity index (χ2n) is 4.47. The summed E-state index contributed by atoms with van der Waals surface area (Å²) >= 11 is 5.91. The van der Waals surface area contributed by atoms with E-state index >= 15 is 0 Å². The summed E-state index contributed by atoms with van der Waals surface area (Å²) in [6, 6.07) is 7.56. The Labute approximate surface area is 125 Å². The molecule has 0 aliphatic carbocycles. The molecule has 0 aliphatic rings. The zero-order chi connectivity index (χ0) is 15.0. The molecule has 1 rings (SSSR count). The Balaban J connectivity index is 2.33. The summed E-state index contributed by atoms with van der Waals surface area (Å²) in [6.45, 7) is 1.16. The number of benzene rings is 1. The van der Waals surface area contributed by atoms with Gasteiger partial charge in [0.05, 0.1) is 5.75 Å². The molecule has 0 amide bonds. The van der Waals surface area contributed by atoms with Gasteiger partial charge in [0, 0.05) is 31.4 Å². The molecule has 1 aromatic rings. The van der Waals surface area contributed by atoms with Gasteiger partial charge in [-0.1, -0.05) is 23.7 Å². The fraction of sp³-hybridized carbons (Fsp3) is 0.462. The highest BCUT2D eigenvalue weighted by molar-refractivity contribution is 7.90. The van der Waals surface area contributed by atoms with Crippen LogP contribution in [0.5, 0.6) is 0 Å². The predicted molar refractivity (Wildman–Crippen MR) is 84.0 cm³/mol. The normalized spacial score (nSPS) is 12.2. The lowest BCUT2D eigenvalue weighted by Crippen LogP contribution is -2.37. The van der Waals surface area contributed by atoms with Crippen LogP contribution in [0.25, 0.3) is 0 Å². The molecule has 0 fully saturated rings. The molecule has 0 aliphatic heterocycles. The van der Waals surface area contributed by atoms with E-state index in [9.17, 15) is 8.42 Å². The average Bonchev–Trinajstić information content (AvgIpc) is 2.37. The van der Waals surface area contributed by atoms with Gasteiger partial charge in [0.2, 0.25) is 0 Å². The average molecular weight is 318 g/mol. The van der Waals surface area contributed by atoms with Crippen molar-refractivity contribution < 1.29 is 8.42 Å². The Morgan fingerprint density at radius 2 is 2.10 bits per heavy atom. The Bertz CT molecular complexity index is 558. The first kappa shape index (κ1) is 16.8. The van der Waals surface area contributed by atoms with Crippen LogP contribution in [-0.2, 0) is 16.4 Å². The van der Waals surface area contributed by atoms with Crippen LogP contribution in [0, 0.1) is 0 Å². The summed E-state index contributed by atoms with van der Waals surface area (Å²) in [5.74, 6) is 0.809. The molecule has 0 heterocycles. The lowest BCUT2D eigenvalue weighted by molar-refractivity contribution is 0.598. The maximum atomic E-state index is 11.0. The molecule has 0 atom stereocenters. The van der Waals surface area contributed by atoms with Gasteiger partial charge < -0.3 is 10.6 Å². The van der Waals surface area contributed by atoms with E-state index in [2.05, 4.69) is 15.6 Å². The molecule has 1 aromatic carbocycles. The Hall–Kier alpha value is -1.27. The van der Waals surface area contributed by atoms with E-state index in [0.29, 0.717) is 30.5 Å². The summed E-state index contributed by atoms with van der Waals surface area (Å²) in [7, 11) is -1.23. The third kappa shape index (κ3) is 7.35. The minimum Gasteiger partial charge on any atom is -0.356 e. The highest BCUT2D eigenvalue weighted by atomic mass is 35.5. The van der Waals surface area contributed by atoms with Gasteiger partial charge in [-0.25, -0.2) is 8.42 Å². The monoisotopic (exact) mass is 317 g/mol. The molecule has 7 heteroatoms. The van der Waals surface area contributed by atoms with Crippen LogP contribution in [0.2, 0.25) is 5.02 Å². The van der Waals surface area contributed by atoms with Crippen molar-refractivity contribution in [3.05, 3.63) is 34.9 Å². The van der Waals surface area contributed by atoms with E-state index in [-0.39, 0.29) is 5.75 Å². The molecule has 5 nitrogen and oxygen atoms in total. The van der Waals surface area contributed by atoms with Crippen molar-refractivity contribution in [2.24, 2.45) is 4.99 Å². The molecule has 0 unspecified atom stereocenters. The van der Waals surface area contributed by atoms with E-state index in [1.165, 1.54) is 6.26 Å². The van der Waals surface area contributed by atoms with Gasteiger partial charge in [0.1, 0.15) is 9.84 Å². The summed E-state index contributed by atoms with van der Waals surface area (Å²) in [5, 5.41) is 6.90. The third-order valence-electron chi connectivity index (χ3n) is 2.56. The molecule has 0 bridgehead atoms. The van der Waals surface area contributed by atoms with Crippen LogP contribution >= 0.6 is 11.6 Å². The van der Waals surface area contributed by atoms with Crippen molar-refractivity contribution in [2.75, 3.05) is 25.6 Å². The maximum Gasteiger partial charge on any atom is 0.191 e. The minimum atomic E-state index is -2.90. The molecule has 0 spiro atoms. The van der Waals surface area contributed by atoms with Crippen LogP contribution in [0.15, 0.2) is 29.3 Å². The highest BCUT2D eigenvalue weighted by Gasteiger charge is 2.02. The van der Waals surface area contributed by atoms with Gasteiger partial charge in [0.25, 0.3) is 0 Å². The topological polar surface area (TPSA) is 70.6 Å². The van der Waals surface area contributed by atoms with Crippen molar-refractivity contribution in [1.29, 1.82) is 0 Å². The quantitative estimate of drug-likeness (QED) is 0.473. The van der Waals surface area contributed by atoms with E-state index in [4.69, 9.17) is 11.6 Å². The number of aliphatic imine (C=N–C) groups is 1. The molecule has 0 saturated carbocycles. The van der Waals surface area contributed by atoms with Crippen molar-refractivity contribution in [2.45, 2.75) is 13.0 Å². The van der Waals surface area contributed by atoms with Crippen LogP contribution in [0.4, 0.5) is 0 Å². The fourth-order valence-electron chi connectivity index (χ4n) is 1.59. The first-order chi connectivity index (χ1) is 9.40. The Morgan fingerprint density at radius 1 is 1.35 bits per heavy atom. The van der Waals surface area contributed by atoms with Crippen molar-refractivity contribution in [3.63, 3.8) is 0 Å². The molecule has 0 radical (unpaired) electrons. The Morgan fingerprint density at radius 3 is 2.70 bits per heavy atom. The van der Waals surface area contributed by atoms with E-state index in [1.807, 2.05) is 24.3 Å². The van der Waals surface area contributed by atoms with Crippen LogP contribution < -0.4 is 10.6 Å². The van der Waals surface area contributed by atoms with Gasteiger partial charge in [-0.15, -0.1) is 0 Å². The van der Waals surface area contributed by atoms with E-state index in [1.54, 1.807) is 7.05 Å². The second-order valence-corrected chi connectivity index (χ2v) is 7.16. The number of halogens is 1. The minimum absolute atomic E-state index is 0.172. The van der Waals surface area contributed by atoms with Crippen molar-refractivity contribution in [1.82, 2.24) is 10.6 Å². The smallest absolute Gasteiger partial charge is 0.191 e. The number of hydrogen-bond donors (Lipinski definition) is 2. The van der Waals surface area contributed by atoms with Crippen LogP contribution in [0.1, 0.15) is 12.0 Å². The Kier molecular flexibility index (Phi) is 6.81. The standard InChI is InChI=1S/C13H20ClN3O2S/c1-15-13(16-7-4-8-20(2,18)19)17-10-11-5-3-6-12(14)9-11/h3,5-6,9H,4,7-8,10H2,1-2H3,(H2,15,16,17). The lowest BCUT2D eigenvalue weighted by Gasteiger charge is -2.11. The molecule has 0 aromatic heterocycles. The molecule has 112 valence electrons. The fourth-order valence-corrected chi connectivity index (χ4v) is 2.48. The highest BCUT2D eigenvalue weighted by Crippen LogP contribution is 2.10. The molecular weight excluding hydrogens is 298 g/mol. The van der Waals surface area contributed by atoms with E-state index in [0.717, 1.165) is 5.56 Å². The predicted octanol–water partition coefficient (Wildman–Crippen LogP) is 1.44. The van der Waals surface area contributed by atoms with Gasteiger partial charge in [-0.05, 0) is 24.1 Å². The molecule has 0 saturated heterocycles. The van der Waals surface area contributed by atoms with Crippen LogP contribution in [0.3, 0.4) is 0 Å². The second kappa shape index (κ2) is 8.11. The van der Waals surface area contributed by atoms with Crippen molar-refractivity contribution in [3.8, 4) is 0 Å². The van der Waals surface area contributed by atoms with Crippen LogP contribution in [-0.4, -0.2) is 40.0 Å². The zero-order valence-electron chi connectivity index (χ0n) is 11.7.